The Hall–Kier alpha value is -5.02. The van der Waals surface area contributed by atoms with E-state index in [1.807, 2.05) is 51.1 Å². The third-order valence-corrected chi connectivity index (χ3v) is 11.8. The van der Waals surface area contributed by atoms with Crippen molar-refractivity contribution < 1.29 is 44.2 Å². The number of phenolic OH excluding ortho intramolecular Hbond substituents is 4. The van der Waals surface area contributed by atoms with Gasteiger partial charge in [0.25, 0.3) is 0 Å². The van der Waals surface area contributed by atoms with Crippen molar-refractivity contribution in [3.05, 3.63) is 110 Å². The number of hydrogen-bond donors (Lipinski definition) is 4. The number of aromatic hydroxyl groups is 4. The maximum Gasteiger partial charge on any atom is 0.340 e. The summed E-state index contributed by atoms with van der Waals surface area (Å²) in [7, 11) is 0. The molecule has 1 unspecified atom stereocenters. The van der Waals surface area contributed by atoms with Crippen LogP contribution in [-0.4, -0.2) is 51.7 Å². The lowest BCUT2D eigenvalue weighted by Crippen LogP contribution is -2.27. The van der Waals surface area contributed by atoms with Crippen LogP contribution in [0.2, 0.25) is 0 Å². The molecule has 0 aliphatic heterocycles. The molecule has 4 aromatic carbocycles. The highest BCUT2D eigenvalue weighted by atomic mass is 16.6. The van der Waals surface area contributed by atoms with Crippen LogP contribution in [0.3, 0.4) is 0 Å². The van der Waals surface area contributed by atoms with Crippen LogP contribution in [0.5, 0.6) is 28.7 Å². The third kappa shape index (κ3) is 13.0. The minimum Gasteiger partial charge on any atom is -0.507 e. The number of rotatable bonds is 13. The lowest BCUT2D eigenvalue weighted by Gasteiger charge is -2.28. The molecule has 0 fully saturated rings. The first-order chi connectivity index (χ1) is 29.2. The fourth-order valence-electron chi connectivity index (χ4n) is 7.67. The number of phenols is 4. The Balaban J connectivity index is 1.40. The highest BCUT2D eigenvalue weighted by molar-refractivity contribution is 5.77. The number of esters is 2. The van der Waals surface area contributed by atoms with Crippen molar-refractivity contribution in [1.29, 1.82) is 0 Å². The maximum absolute atomic E-state index is 13.1. The molecule has 4 aromatic rings. The van der Waals surface area contributed by atoms with Gasteiger partial charge >= 0.3 is 11.9 Å². The average Bonchev–Trinajstić information content (AvgIpc) is 3.14. The molecule has 64 heavy (non-hydrogen) atoms. The van der Waals surface area contributed by atoms with Gasteiger partial charge in [0.05, 0.1) is 6.61 Å². The van der Waals surface area contributed by atoms with E-state index in [0.29, 0.717) is 35.1 Å². The van der Waals surface area contributed by atoms with Crippen LogP contribution in [-0.2, 0) is 65.4 Å². The molecule has 0 aliphatic carbocycles. The summed E-state index contributed by atoms with van der Waals surface area (Å²) in [6, 6.07) is 15.2. The zero-order valence-corrected chi connectivity index (χ0v) is 41.8. The van der Waals surface area contributed by atoms with Crippen molar-refractivity contribution >= 4 is 11.9 Å². The van der Waals surface area contributed by atoms with Crippen molar-refractivity contribution in [2.45, 2.75) is 177 Å². The molecule has 1 atom stereocenters. The smallest absolute Gasteiger partial charge is 0.340 e. The van der Waals surface area contributed by atoms with Gasteiger partial charge in [0.15, 0.2) is 6.10 Å². The van der Waals surface area contributed by atoms with E-state index >= 15 is 0 Å². The molecule has 0 spiro atoms. The van der Waals surface area contributed by atoms with Crippen molar-refractivity contribution in [2.75, 3.05) is 13.2 Å². The second-order valence-electron chi connectivity index (χ2n) is 22.7. The van der Waals surface area contributed by atoms with E-state index in [0.717, 1.165) is 38.9 Å². The first kappa shape index (κ1) is 51.6. The molecule has 0 amide bonds. The number of carbonyl (C=O) groups is 2. The van der Waals surface area contributed by atoms with Gasteiger partial charge in [-0.05, 0) is 115 Å². The topological polar surface area (TPSA) is 143 Å². The Morgan fingerprint density at radius 3 is 1.39 bits per heavy atom. The first-order valence-corrected chi connectivity index (χ1v) is 22.6. The van der Waals surface area contributed by atoms with Gasteiger partial charge in [0.2, 0.25) is 0 Å². The van der Waals surface area contributed by atoms with Gasteiger partial charge in [-0.1, -0.05) is 140 Å². The van der Waals surface area contributed by atoms with Gasteiger partial charge in [0, 0.05) is 24.8 Å². The highest BCUT2D eigenvalue weighted by Gasteiger charge is 2.29. The summed E-state index contributed by atoms with van der Waals surface area (Å²) >= 11 is 0. The van der Waals surface area contributed by atoms with Crippen LogP contribution in [0, 0.1) is 6.92 Å². The molecular formula is C55H76O9. The summed E-state index contributed by atoms with van der Waals surface area (Å²) in [5.74, 6) is -0.211. The van der Waals surface area contributed by atoms with Gasteiger partial charge in [0.1, 0.15) is 35.4 Å². The summed E-state index contributed by atoms with van der Waals surface area (Å²) in [6.07, 6.45) is 0.00461. The summed E-state index contributed by atoms with van der Waals surface area (Å²) in [4.78, 5) is 26.1. The summed E-state index contributed by atoms with van der Waals surface area (Å²) in [5.41, 5.74) is 7.21. The fraction of sp³-hybridized carbons (Fsp3) is 0.527. The zero-order chi connectivity index (χ0) is 48.5. The van der Waals surface area contributed by atoms with E-state index in [-0.39, 0.29) is 81.9 Å². The molecule has 0 saturated heterocycles. The Morgan fingerprint density at radius 1 is 0.531 bits per heavy atom. The quantitative estimate of drug-likeness (QED) is 0.0586. The second-order valence-corrected chi connectivity index (χ2v) is 22.7. The van der Waals surface area contributed by atoms with Gasteiger partial charge in [-0.3, -0.25) is 4.79 Å². The monoisotopic (exact) mass is 881 g/mol. The molecule has 4 rings (SSSR count). The molecule has 4 N–H and O–H groups in total. The predicted octanol–water partition coefficient (Wildman–Crippen LogP) is 12.0. The minimum atomic E-state index is -0.979. The van der Waals surface area contributed by atoms with Gasteiger partial charge in [-0.15, -0.1) is 0 Å². The van der Waals surface area contributed by atoms with Crippen LogP contribution in [0.4, 0.5) is 0 Å². The van der Waals surface area contributed by atoms with Gasteiger partial charge in [-0.2, -0.15) is 0 Å². The third-order valence-electron chi connectivity index (χ3n) is 11.8. The molecule has 350 valence electrons. The van der Waals surface area contributed by atoms with Crippen LogP contribution in [0.25, 0.3) is 0 Å². The molecular weight excluding hydrogens is 805 g/mol. The Morgan fingerprint density at radius 2 is 0.953 bits per heavy atom. The molecule has 9 nitrogen and oxygen atoms in total. The normalized spacial score (nSPS) is 13.2. The van der Waals surface area contributed by atoms with Crippen molar-refractivity contribution in [3.63, 3.8) is 0 Å². The molecule has 0 saturated carbocycles. The minimum absolute atomic E-state index is 0.0351. The molecule has 0 aliphatic rings. The van der Waals surface area contributed by atoms with E-state index in [9.17, 15) is 30.0 Å². The summed E-state index contributed by atoms with van der Waals surface area (Å²) in [5, 5.41) is 45.5. The number of hydrogen-bond acceptors (Lipinski definition) is 9. The highest BCUT2D eigenvalue weighted by Crippen LogP contribution is 2.43. The van der Waals surface area contributed by atoms with E-state index < -0.39 is 18.0 Å². The summed E-state index contributed by atoms with van der Waals surface area (Å²) in [6.45, 7) is 34.4. The molecule has 9 heteroatoms. The Bertz CT molecular complexity index is 2330. The number of ether oxygens (including phenoxy) is 3. The maximum atomic E-state index is 13.1. The zero-order valence-electron chi connectivity index (χ0n) is 41.8. The Labute approximate surface area is 383 Å². The fourth-order valence-corrected chi connectivity index (χ4v) is 7.67. The first-order valence-electron chi connectivity index (χ1n) is 22.6. The average molecular weight is 881 g/mol. The molecule has 0 bridgehead atoms. The van der Waals surface area contributed by atoms with Crippen molar-refractivity contribution in [1.82, 2.24) is 0 Å². The number of carbonyl (C=O) groups excluding carboxylic acids is 2. The standard InChI is InChI=1S/C55H76O9/c1-32-22-41(29-38(46(32)57)26-37-28-40(52(6,7)8)31-44(49(37)60)55(15,16)17)64-50(61)33(2)62-20-21-63-45(56)19-18-34-23-35(47(58)42(24-34)53(9,10)11)25-36-27-39(51(3,4)5)30-43(48(36)59)54(12,13)14/h22-24,27-31,33,57-60H,18-21,25-26H2,1-17H3. The van der Waals surface area contributed by atoms with Crippen LogP contribution < -0.4 is 4.74 Å². The lowest BCUT2D eigenvalue weighted by atomic mass is 9.78. The van der Waals surface area contributed by atoms with Crippen LogP contribution in [0.1, 0.15) is 178 Å². The molecule has 0 aromatic heterocycles. The van der Waals surface area contributed by atoms with E-state index in [2.05, 4.69) is 89.2 Å². The number of aryl methyl sites for hydroxylation is 2. The van der Waals surface area contributed by atoms with Crippen molar-refractivity contribution in [2.24, 2.45) is 0 Å². The molecule has 0 radical (unpaired) electrons. The predicted molar refractivity (Wildman–Crippen MR) is 257 cm³/mol. The lowest BCUT2D eigenvalue weighted by molar-refractivity contribution is -0.150. The SMILES string of the molecule is Cc1cc(OC(=O)C(C)OCCOC(=O)CCc2cc(Cc3cc(C(C)(C)C)cc(C(C)(C)C)c3O)c(O)c(C(C)(C)C)c2)cc(Cc2cc(C(C)(C)C)cc(C(C)(C)C)c2O)c1O. The Kier molecular flexibility index (Phi) is 15.5. The number of benzene rings is 4. The van der Waals surface area contributed by atoms with Crippen LogP contribution >= 0.6 is 0 Å². The van der Waals surface area contributed by atoms with Gasteiger partial charge < -0.3 is 34.6 Å². The van der Waals surface area contributed by atoms with Crippen LogP contribution in [0.15, 0.2) is 48.5 Å². The van der Waals surface area contributed by atoms with E-state index in [1.54, 1.807) is 26.0 Å². The van der Waals surface area contributed by atoms with Crippen molar-refractivity contribution in [3.8, 4) is 28.7 Å². The van der Waals surface area contributed by atoms with E-state index in [4.69, 9.17) is 14.2 Å². The van der Waals surface area contributed by atoms with E-state index in [1.165, 1.54) is 0 Å². The molecule has 0 heterocycles. The summed E-state index contributed by atoms with van der Waals surface area (Å²) < 4.78 is 16.9. The second kappa shape index (κ2) is 19.2. The largest absolute Gasteiger partial charge is 0.507 e. The van der Waals surface area contributed by atoms with Gasteiger partial charge in [-0.25, -0.2) is 4.79 Å².